The third kappa shape index (κ3) is 3.58. The predicted molar refractivity (Wildman–Crippen MR) is 81.0 cm³/mol. The second-order valence-corrected chi connectivity index (χ2v) is 5.75. The van der Waals surface area contributed by atoms with E-state index in [0.717, 1.165) is 5.56 Å². The van der Waals surface area contributed by atoms with E-state index in [2.05, 4.69) is 24.1 Å². The van der Waals surface area contributed by atoms with Crippen LogP contribution in [-0.2, 0) is 5.41 Å². The molecule has 1 heterocycles. The summed E-state index contributed by atoms with van der Waals surface area (Å²) in [6.45, 7) is 4.72. The lowest BCUT2D eigenvalue weighted by atomic mass is 9.84. The third-order valence-electron chi connectivity index (χ3n) is 3.26. The van der Waals surface area contributed by atoms with Gasteiger partial charge in [0.2, 0.25) is 0 Å². The minimum absolute atomic E-state index is 0.0885. The predicted octanol–water partition coefficient (Wildman–Crippen LogP) is 3.44. The highest BCUT2D eigenvalue weighted by atomic mass is 35.5. The monoisotopic (exact) mass is 288 g/mol. The molecule has 0 radical (unpaired) electrons. The van der Waals surface area contributed by atoms with Crippen molar-refractivity contribution in [3.05, 3.63) is 64.9 Å². The molecule has 0 aliphatic heterocycles. The maximum absolute atomic E-state index is 12.0. The average Bonchev–Trinajstić information content (AvgIpc) is 2.46. The normalized spacial score (nSPS) is 11.2. The van der Waals surface area contributed by atoms with Crippen molar-refractivity contribution in [2.75, 3.05) is 6.54 Å². The number of nitrogens with zero attached hydrogens (tertiary/aromatic N) is 1. The van der Waals surface area contributed by atoms with Gasteiger partial charge in [-0.15, -0.1) is 0 Å². The Balaban J connectivity index is 2.02. The highest BCUT2D eigenvalue weighted by Crippen LogP contribution is 2.23. The highest BCUT2D eigenvalue weighted by Gasteiger charge is 2.21. The van der Waals surface area contributed by atoms with Crippen molar-refractivity contribution < 1.29 is 4.79 Å². The van der Waals surface area contributed by atoms with Crippen molar-refractivity contribution in [2.24, 2.45) is 0 Å². The molecule has 0 bridgehead atoms. The first-order chi connectivity index (χ1) is 9.49. The van der Waals surface area contributed by atoms with E-state index < -0.39 is 0 Å². The lowest BCUT2D eigenvalue weighted by Gasteiger charge is -2.25. The van der Waals surface area contributed by atoms with E-state index in [1.54, 1.807) is 24.5 Å². The van der Waals surface area contributed by atoms with Crippen LogP contribution in [0.15, 0.2) is 48.8 Å². The standard InChI is InChI=1S/C16H17ClN2O/c1-16(2,13-3-5-14(17)6-4-13)11-19-15(20)12-7-9-18-10-8-12/h3-10H,11H2,1-2H3,(H,19,20). The molecule has 1 N–H and O–H groups in total. The Labute approximate surface area is 124 Å². The van der Waals surface area contributed by atoms with Crippen LogP contribution < -0.4 is 5.32 Å². The summed E-state index contributed by atoms with van der Waals surface area (Å²) in [4.78, 5) is 15.9. The zero-order valence-electron chi connectivity index (χ0n) is 11.6. The minimum Gasteiger partial charge on any atom is -0.351 e. The van der Waals surface area contributed by atoms with Crippen molar-refractivity contribution in [1.29, 1.82) is 0 Å². The smallest absolute Gasteiger partial charge is 0.251 e. The number of nitrogens with one attached hydrogen (secondary N) is 1. The second-order valence-electron chi connectivity index (χ2n) is 5.31. The molecule has 0 aliphatic carbocycles. The Bertz CT molecular complexity index is 579. The number of hydrogen-bond donors (Lipinski definition) is 1. The van der Waals surface area contributed by atoms with E-state index >= 15 is 0 Å². The van der Waals surface area contributed by atoms with Crippen LogP contribution in [0.25, 0.3) is 0 Å². The maximum atomic E-state index is 12.0. The van der Waals surface area contributed by atoms with Crippen molar-refractivity contribution in [1.82, 2.24) is 10.3 Å². The van der Waals surface area contributed by atoms with Crippen molar-refractivity contribution in [2.45, 2.75) is 19.3 Å². The van der Waals surface area contributed by atoms with E-state index in [0.29, 0.717) is 17.1 Å². The zero-order chi connectivity index (χ0) is 14.6. The van der Waals surface area contributed by atoms with Crippen LogP contribution in [0, 0.1) is 0 Å². The average molecular weight is 289 g/mol. The second kappa shape index (κ2) is 6.06. The van der Waals surface area contributed by atoms with E-state index in [1.165, 1.54) is 0 Å². The van der Waals surface area contributed by atoms with Gasteiger partial charge in [-0.2, -0.15) is 0 Å². The fraction of sp³-hybridized carbons (Fsp3) is 0.250. The molecule has 4 heteroatoms. The van der Waals surface area contributed by atoms with Gasteiger partial charge in [-0.3, -0.25) is 9.78 Å². The van der Waals surface area contributed by atoms with Gasteiger partial charge in [-0.1, -0.05) is 37.6 Å². The van der Waals surface area contributed by atoms with Crippen LogP contribution in [0.4, 0.5) is 0 Å². The Morgan fingerprint density at radius 2 is 1.75 bits per heavy atom. The molecule has 1 amide bonds. The molecule has 2 aromatic rings. The number of aromatic nitrogens is 1. The number of benzene rings is 1. The summed E-state index contributed by atoms with van der Waals surface area (Å²) in [5.41, 5.74) is 1.59. The number of carbonyl (C=O) groups is 1. The van der Waals surface area contributed by atoms with Gasteiger partial charge in [0.05, 0.1) is 0 Å². The molecule has 0 unspecified atom stereocenters. The molecule has 0 saturated heterocycles. The van der Waals surface area contributed by atoms with Crippen LogP contribution in [0.2, 0.25) is 5.02 Å². The van der Waals surface area contributed by atoms with Gasteiger partial charge >= 0.3 is 0 Å². The van der Waals surface area contributed by atoms with Crippen molar-refractivity contribution in [3.8, 4) is 0 Å². The molecule has 3 nitrogen and oxygen atoms in total. The number of halogens is 1. The molecule has 0 spiro atoms. The summed E-state index contributed by atoms with van der Waals surface area (Å²) >= 11 is 5.89. The van der Waals surface area contributed by atoms with E-state index in [4.69, 9.17) is 11.6 Å². The summed E-state index contributed by atoms with van der Waals surface area (Å²) < 4.78 is 0. The molecule has 0 atom stereocenters. The van der Waals surface area contributed by atoms with Crippen molar-refractivity contribution in [3.63, 3.8) is 0 Å². The molecular formula is C16H17ClN2O. The fourth-order valence-corrected chi connectivity index (χ4v) is 2.04. The zero-order valence-corrected chi connectivity index (χ0v) is 12.3. The lowest BCUT2D eigenvalue weighted by molar-refractivity contribution is 0.0945. The van der Waals surface area contributed by atoms with Gasteiger partial charge in [0.1, 0.15) is 0 Å². The largest absolute Gasteiger partial charge is 0.351 e. The van der Waals surface area contributed by atoms with E-state index in [1.807, 2.05) is 24.3 Å². The van der Waals surface area contributed by atoms with Gasteiger partial charge < -0.3 is 5.32 Å². The maximum Gasteiger partial charge on any atom is 0.251 e. The summed E-state index contributed by atoms with van der Waals surface area (Å²) in [5.74, 6) is -0.0885. The molecule has 2 rings (SSSR count). The number of carbonyl (C=O) groups excluding carboxylic acids is 1. The Morgan fingerprint density at radius 1 is 1.15 bits per heavy atom. The minimum atomic E-state index is -0.159. The lowest BCUT2D eigenvalue weighted by Crippen LogP contribution is -2.36. The quantitative estimate of drug-likeness (QED) is 0.936. The van der Waals surface area contributed by atoms with Crippen LogP contribution in [0.5, 0.6) is 0 Å². The molecule has 1 aromatic carbocycles. The van der Waals surface area contributed by atoms with Gasteiger partial charge in [0, 0.05) is 34.9 Å². The first-order valence-electron chi connectivity index (χ1n) is 6.43. The molecule has 0 fully saturated rings. The van der Waals surface area contributed by atoms with Crippen LogP contribution in [-0.4, -0.2) is 17.4 Å². The van der Waals surface area contributed by atoms with E-state index in [-0.39, 0.29) is 11.3 Å². The molecule has 20 heavy (non-hydrogen) atoms. The first kappa shape index (κ1) is 14.5. The number of rotatable bonds is 4. The topological polar surface area (TPSA) is 42.0 Å². The van der Waals surface area contributed by atoms with E-state index in [9.17, 15) is 4.79 Å². The summed E-state index contributed by atoms with van der Waals surface area (Å²) in [5, 5.41) is 3.67. The summed E-state index contributed by atoms with van der Waals surface area (Å²) in [6.07, 6.45) is 3.22. The highest BCUT2D eigenvalue weighted by molar-refractivity contribution is 6.30. The number of pyridine rings is 1. The summed E-state index contributed by atoms with van der Waals surface area (Å²) in [7, 11) is 0. The third-order valence-corrected chi connectivity index (χ3v) is 3.51. The molecule has 1 aromatic heterocycles. The van der Waals surface area contributed by atoms with Gasteiger partial charge in [0.15, 0.2) is 0 Å². The molecule has 104 valence electrons. The van der Waals surface area contributed by atoms with Crippen LogP contribution in [0.1, 0.15) is 29.8 Å². The van der Waals surface area contributed by atoms with Crippen LogP contribution >= 0.6 is 11.6 Å². The molecule has 0 aliphatic rings. The van der Waals surface area contributed by atoms with Crippen LogP contribution in [0.3, 0.4) is 0 Å². The first-order valence-corrected chi connectivity index (χ1v) is 6.81. The molecular weight excluding hydrogens is 272 g/mol. The SMILES string of the molecule is CC(C)(CNC(=O)c1ccncc1)c1ccc(Cl)cc1. The Kier molecular flexibility index (Phi) is 4.40. The van der Waals surface area contributed by atoms with Gasteiger partial charge in [-0.25, -0.2) is 0 Å². The fourth-order valence-electron chi connectivity index (χ4n) is 1.91. The number of amides is 1. The number of hydrogen-bond acceptors (Lipinski definition) is 2. The van der Waals surface area contributed by atoms with Crippen molar-refractivity contribution >= 4 is 17.5 Å². The Hall–Kier alpha value is -1.87. The van der Waals surface area contributed by atoms with Gasteiger partial charge in [-0.05, 0) is 29.8 Å². The van der Waals surface area contributed by atoms with Gasteiger partial charge in [0.25, 0.3) is 5.91 Å². The Morgan fingerprint density at radius 3 is 2.35 bits per heavy atom. The molecule has 0 saturated carbocycles. The summed E-state index contributed by atoms with van der Waals surface area (Å²) in [6, 6.07) is 11.1.